The number of aliphatic hydroxyl groups excluding tert-OH is 4. The van der Waals surface area contributed by atoms with Crippen molar-refractivity contribution in [3.05, 3.63) is 59.6 Å². The van der Waals surface area contributed by atoms with E-state index in [1.807, 2.05) is 12.1 Å². The lowest BCUT2D eigenvalue weighted by Crippen LogP contribution is -2.60. The van der Waals surface area contributed by atoms with Gasteiger partial charge in [-0.2, -0.15) is 0 Å². The van der Waals surface area contributed by atoms with E-state index in [0.717, 1.165) is 11.1 Å². The first-order valence-corrected chi connectivity index (χ1v) is 10.2. The number of hydrogen-bond donors (Lipinski definition) is 5. The molecule has 1 aliphatic heterocycles. The topological polar surface area (TPSA) is 151 Å². The van der Waals surface area contributed by atoms with E-state index >= 15 is 0 Å². The van der Waals surface area contributed by atoms with Gasteiger partial charge in [-0.15, -0.1) is 0 Å². The van der Waals surface area contributed by atoms with Gasteiger partial charge in [0.15, 0.2) is 0 Å². The minimum absolute atomic E-state index is 0.120. The Morgan fingerprint density at radius 3 is 2.00 bits per heavy atom. The average Bonchev–Trinajstić information content (AvgIpc) is 2.80. The van der Waals surface area contributed by atoms with Crippen LogP contribution in [0.25, 0.3) is 22.5 Å². The molecule has 1 fully saturated rings. The lowest BCUT2D eigenvalue weighted by atomic mass is 9.99. The fraction of sp³-hybridized carbons (Fsp3) is 0.273. The van der Waals surface area contributed by atoms with Gasteiger partial charge in [-0.3, -0.25) is 0 Å². The van der Waals surface area contributed by atoms with Crippen LogP contribution in [0.15, 0.2) is 54.6 Å². The maximum atomic E-state index is 10.1. The summed E-state index contributed by atoms with van der Waals surface area (Å²) in [4.78, 5) is 8.57. The van der Waals surface area contributed by atoms with E-state index in [1.165, 1.54) is 0 Å². The Labute approximate surface area is 188 Å². The highest BCUT2D eigenvalue weighted by Gasteiger charge is 2.44. The molecule has 0 saturated carbocycles. The minimum Gasteiger partial charge on any atom is -0.462 e. The number of aromatic nitrogens is 2. The molecule has 3 aromatic rings. The van der Waals surface area contributed by atoms with Crippen LogP contribution in [0.3, 0.4) is 0 Å². The molecule has 4 rings (SSSR count). The largest absolute Gasteiger partial charge is 0.462 e. The van der Waals surface area contributed by atoms with Crippen molar-refractivity contribution in [1.29, 1.82) is 0 Å². The Hall–Kier alpha value is -2.79. The molecule has 0 spiro atoms. The Morgan fingerprint density at radius 1 is 0.875 bits per heavy atom. The first kappa shape index (κ1) is 22.4. The van der Waals surface area contributed by atoms with Gasteiger partial charge in [-0.05, 0) is 42.5 Å². The first-order chi connectivity index (χ1) is 15.4. The Balaban J connectivity index is 1.53. The molecule has 0 aliphatic carbocycles. The molecular formula is C22H22ClN3O6. The predicted octanol–water partition coefficient (Wildman–Crippen LogP) is 1.22. The maximum Gasteiger partial charge on any atom is 0.229 e. The molecule has 6 N–H and O–H groups in total. The van der Waals surface area contributed by atoms with Crippen molar-refractivity contribution in [2.75, 3.05) is 12.3 Å². The van der Waals surface area contributed by atoms with Crippen LogP contribution in [-0.4, -0.2) is 67.7 Å². The summed E-state index contributed by atoms with van der Waals surface area (Å²) in [6, 6.07) is 15.8. The van der Waals surface area contributed by atoms with Crippen molar-refractivity contribution in [1.82, 2.24) is 9.97 Å². The molecule has 168 valence electrons. The summed E-state index contributed by atoms with van der Waals surface area (Å²) >= 11 is 5.95. The van der Waals surface area contributed by atoms with Crippen molar-refractivity contribution >= 4 is 17.5 Å². The van der Waals surface area contributed by atoms with E-state index in [0.29, 0.717) is 22.2 Å². The number of anilines is 1. The van der Waals surface area contributed by atoms with Crippen LogP contribution in [0, 0.1) is 0 Å². The van der Waals surface area contributed by atoms with Crippen molar-refractivity contribution in [2.45, 2.75) is 30.7 Å². The van der Waals surface area contributed by atoms with Crippen molar-refractivity contribution in [2.24, 2.45) is 0 Å². The number of benzene rings is 2. The molecule has 2 heterocycles. The second-order valence-corrected chi connectivity index (χ2v) is 7.78. The molecule has 9 nitrogen and oxygen atoms in total. The molecule has 5 unspecified atom stereocenters. The number of nitrogens with zero attached hydrogens (tertiary/aromatic N) is 2. The molecule has 32 heavy (non-hydrogen) atoms. The van der Waals surface area contributed by atoms with Gasteiger partial charge < -0.3 is 35.6 Å². The lowest BCUT2D eigenvalue weighted by molar-refractivity contribution is -0.277. The minimum atomic E-state index is -1.51. The zero-order chi connectivity index (χ0) is 22.8. The molecule has 0 amide bonds. The van der Waals surface area contributed by atoms with Crippen LogP contribution >= 0.6 is 11.6 Å². The van der Waals surface area contributed by atoms with Crippen LogP contribution in [-0.2, 0) is 4.74 Å². The zero-order valence-electron chi connectivity index (χ0n) is 16.7. The highest BCUT2D eigenvalue weighted by molar-refractivity contribution is 6.30. The summed E-state index contributed by atoms with van der Waals surface area (Å²) in [5.41, 5.74) is 8.73. The lowest BCUT2D eigenvalue weighted by Gasteiger charge is -2.39. The third kappa shape index (κ3) is 4.68. The molecule has 0 radical (unpaired) electrons. The standard InChI is InChI=1S/C22H22ClN3O6/c23-13-5-1-11(2-6-13)15-9-16(26-22(24)25-15)12-3-7-14(8-4-12)31-21-20(30)19(29)18(28)17(10-27)32-21/h1-9,17-21,27-30H,10H2,(H2,24,25,26). The monoisotopic (exact) mass is 459 g/mol. The maximum absolute atomic E-state index is 10.1. The van der Waals surface area contributed by atoms with Gasteiger partial charge in [0.05, 0.1) is 18.0 Å². The second kappa shape index (κ2) is 9.37. The van der Waals surface area contributed by atoms with Crippen LogP contribution in [0.1, 0.15) is 0 Å². The van der Waals surface area contributed by atoms with Gasteiger partial charge in [0.2, 0.25) is 12.2 Å². The Morgan fingerprint density at radius 2 is 1.44 bits per heavy atom. The molecular weight excluding hydrogens is 438 g/mol. The summed E-state index contributed by atoms with van der Waals surface area (Å²) in [5.74, 6) is 0.465. The number of halogens is 1. The van der Waals surface area contributed by atoms with E-state index in [4.69, 9.17) is 26.8 Å². The third-order valence-electron chi connectivity index (χ3n) is 5.13. The number of rotatable bonds is 5. The molecule has 10 heteroatoms. The van der Waals surface area contributed by atoms with E-state index < -0.39 is 37.3 Å². The van der Waals surface area contributed by atoms with E-state index in [9.17, 15) is 20.4 Å². The fourth-order valence-corrected chi connectivity index (χ4v) is 3.51. The summed E-state index contributed by atoms with van der Waals surface area (Å²) in [6.45, 7) is -0.533. The van der Waals surface area contributed by atoms with Crippen LogP contribution in [0.2, 0.25) is 5.02 Å². The van der Waals surface area contributed by atoms with Gasteiger partial charge in [0.25, 0.3) is 0 Å². The van der Waals surface area contributed by atoms with Crippen molar-refractivity contribution < 1.29 is 29.9 Å². The number of nitrogen functional groups attached to an aromatic ring is 1. The summed E-state index contributed by atoms with van der Waals surface area (Å²) in [5, 5.41) is 39.8. The number of nitrogens with two attached hydrogens (primary N) is 1. The normalized spacial score (nSPS) is 25.5. The molecule has 2 aromatic carbocycles. The first-order valence-electron chi connectivity index (χ1n) is 9.84. The van der Waals surface area contributed by atoms with Crippen LogP contribution < -0.4 is 10.5 Å². The summed E-state index contributed by atoms with van der Waals surface area (Å²) in [6.07, 6.45) is -6.76. The van der Waals surface area contributed by atoms with E-state index in [-0.39, 0.29) is 5.95 Å². The second-order valence-electron chi connectivity index (χ2n) is 7.34. The quantitative estimate of drug-likeness (QED) is 0.379. The summed E-state index contributed by atoms with van der Waals surface area (Å²) < 4.78 is 11.0. The van der Waals surface area contributed by atoms with Crippen LogP contribution in [0.4, 0.5) is 5.95 Å². The number of ether oxygens (including phenoxy) is 2. The van der Waals surface area contributed by atoms with Gasteiger partial charge in [-0.1, -0.05) is 23.7 Å². The van der Waals surface area contributed by atoms with Gasteiger partial charge in [0.1, 0.15) is 30.2 Å². The smallest absolute Gasteiger partial charge is 0.229 e. The van der Waals surface area contributed by atoms with Crippen molar-refractivity contribution in [3.8, 4) is 28.3 Å². The van der Waals surface area contributed by atoms with Crippen LogP contribution in [0.5, 0.6) is 5.75 Å². The number of aliphatic hydroxyl groups is 4. The molecule has 1 aliphatic rings. The third-order valence-corrected chi connectivity index (χ3v) is 5.39. The zero-order valence-corrected chi connectivity index (χ0v) is 17.5. The Kier molecular flexibility index (Phi) is 6.56. The predicted molar refractivity (Wildman–Crippen MR) is 117 cm³/mol. The van der Waals surface area contributed by atoms with Gasteiger partial charge >= 0.3 is 0 Å². The molecule has 1 aromatic heterocycles. The van der Waals surface area contributed by atoms with E-state index in [2.05, 4.69) is 9.97 Å². The summed E-state index contributed by atoms with van der Waals surface area (Å²) in [7, 11) is 0. The number of hydrogen-bond acceptors (Lipinski definition) is 9. The molecule has 0 bridgehead atoms. The highest BCUT2D eigenvalue weighted by atomic mass is 35.5. The van der Waals surface area contributed by atoms with E-state index in [1.54, 1.807) is 42.5 Å². The highest BCUT2D eigenvalue weighted by Crippen LogP contribution is 2.28. The van der Waals surface area contributed by atoms with Crippen molar-refractivity contribution in [3.63, 3.8) is 0 Å². The fourth-order valence-electron chi connectivity index (χ4n) is 3.39. The van der Waals surface area contributed by atoms with Gasteiger partial charge in [0, 0.05) is 16.1 Å². The molecule has 5 atom stereocenters. The van der Waals surface area contributed by atoms with Gasteiger partial charge in [-0.25, -0.2) is 9.97 Å². The molecule has 1 saturated heterocycles. The Bertz CT molecular complexity index is 1060. The average molecular weight is 460 g/mol. The SMILES string of the molecule is Nc1nc(-c2ccc(Cl)cc2)cc(-c2ccc(OC3OC(CO)C(O)C(O)C3O)cc2)n1.